The molecule has 1 aliphatic carbocycles. The normalized spacial score (nSPS) is 18.9. The van der Waals surface area contributed by atoms with Crippen LogP contribution in [0.5, 0.6) is 0 Å². The second-order valence-electron chi connectivity index (χ2n) is 7.42. The Bertz CT molecular complexity index is 1100. The van der Waals surface area contributed by atoms with Crippen molar-refractivity contribution in [3.8, 4) is 0 Å². The van der Waals surface area contributed by atoms with Gasteiger partial charge in [-0.1, -0.05) is 30.3 Å². The summed E-state index contributed by atoms with van der Waals surface area (Å²) in [6.07, 6.45) is 5.94. The minimum Gasteiger partial charge on any atom is -0.378 e. The van der Waals surface area contributed by atoms with E-state index in [0.717, 1.165) is 31.5 Å². The molecule has 8 heteroatoms. The van der Waals surface area contributed by atoms with E-state index in [2.05, 4.69) is 33.6 Å². The van der Waals surface area contributed by atoms with E-state index in [1.54, 1.807) is 12.1 Å². The number of nitrogens with one attached hydrogen (secondary N) is 1. The monoisotopic (exact) mass is 439 g/mol. The first-order valence-corrected chi connectivity index (χ1v) is 11.6. The number of benzene rings is 2. The third-order valence-electron chi connectivity index (χ3n) is 5.31. The van der Waals surface area contributed by atoms with E-state index < -0.39 is 10.1 Å². The van der Waals surface area contributed by atoms with E-state index >= 15 is 0 Å². The number of hydrogen-bond acceptors (Lipinski definition) is 6. The van der Waals surface area contributed by atoms with Crippen molar-refractivity contribution in [2.24, 2.45) is 5.10 Å². The van der Waals surface area contributed by atoms with Crippen LogP contribution in [0.4, 0.5) is 5.69 Å². The van der Waals surface area contributed by atoms with Crippen LogP contribution in [0.25, 0.3) is 6.08 Å². The highest BCUT2D eigenvalue weighted by Crippen LogP contribution is 2.35. The molecular formula is C23H25N3O4S. The fourth-order valence-electron chi connectivity index (χ4n) is 3.81. The van der Waals surface area contributed by atoms with E-state index in [1.807, 2.05) is 24.4 Å². The molecule has 1 saturated heterocycles. The molecule has 0 amide bonds. The maximum absolute atomic E-state index is 11.2. The van der Waals surface area contributed by atoms with Gasteiger partial charge in [0.25, 0.3) is 10.1 Å². The molecule has 0 unspecified atom stereocenters. The van der Waals surface area contributed by atoms with Gasteiger partial charge in [-0.15, -0.1) is 0 Å². The molecule has 0 saturated carbocycles. The molecule has 2 aromatic rings. The van der Waals surface area contributed by atoms with Gasteiger partial charge in [-0.2, -0.15) is 13.5 Å². The molecule has 0 bridgehead atoms. The zero-order chi connectivity index (χ0) is 21.7. The van der Waals surface area contributed by atoms with Gasteiger partial charge in [0.1, 0.15) is 0 Å². The van der Waals surface area contributed by atoms with E-state index in [-0.39, 0.29) is 4.90 Å². The molecule has 0 atom stereocenters. The van der Waals surface area contributed by atoms with Crippen molar-refractivity contribution in [1.29, 1.82) is 0 Å². The number of ether oxygens (including phenoxy) is 1. The number of hydrogen-bond donors (Lipinski definition) is 2. The van der Waals surface area contributed by atoms with Crippen LogP contribution in [0.1, 0.15) is 18.4 Å². The van der Waals surface area contributed by atoms with Gasteiger partial charge in [0.15, 0.2) is 0 Å². The number of nitrogens with zero attached hydrogens (tertiary/aromatic N) is 2. The highest BCUT2D eigenvalue weighted by Gasteiger charge is 2.25. The van der Waals surface area contributed by atoms with Gasteiger partial charge in [-0.25, -0.2) is 0 Å². The van der Waals surface area contributed by atoms with Crippen molar-refractivity contribution in [3.63, 3.8) is 0 Å². The molecule has 0 radical (unpaired) electrons. The van der Waals surface area contributed by atoms with Gasteiger partial charge in [0.2, 0.25) is 0 Å². The average molecular weight is 440 g/mol. The Morgan fingerprint density at radius 3 is 2.39 bits per heavy atom. The number of allylic oxidation sites excluding steroid dienone is 2. The van der Waals surface area contributed by atoms with Crippen LogP contribution < -0.4 is 5.43 Å². The van der Waals surface area contributed by atoms with E-state index in [9.17, 15) is 8.42 Å². The fraction of sp³-hybridized carbons (Fsp3) is 0.261. The lowest BCUT2D eigenvalue weighted by molar-refractivity contribution is 0.0548. The van der Waals surface area contributed by atoms with Gasteiger partial charge in [-0.05, 0) is 59.9 Å². The van der Waals surface area contributed by atoms with Gasteiger partial charge in [0.05, 0.1) is 30.0 Å². The average Bonchev–Trinajstić information content (AvgIpc) is 3.17. The first kappa shape index (κ1) is 21.3. The topological polar surface area (TPSA) is 91.2 Å². The maximum Gasteiger partial charge on any atom is 0.294 e. The first-order valence-electron chi connectivity index (χ1n) is 10.2. The number of morpholine rings is 1. The minimum absolute atomic E-state index is 0.147. The lowest BCUT2D eigenvalue weighted by Crippen LogP contribution is -2.36. The van der Waals surface area contributed by atoms with Crippen molar-refractivity contribution in [2.45, 2.75) is 17.7 Å². The molecule has 1 aliphatic heterocycles. The summed E-state index contributed by atoms with van der Waals surface area (Å²) in [7, 11) is -4.20. The third kappa shape index (κ3) is 5.41. The second-order valence-corrected chi connectivity index (χ2v) is 8.84. The summed E-state index contributed by atoms with van der Waals surface area (Å²) in [6, 6.07) is 16.1. The number of anilines is 1. The van der Waals surface area contributed by atoms with Gasteiger partial charge in [-0.3, -0.25) is 9.98 Å². The van der Waals surface area contributed by atoms with Gasteiger partial charge in [0, 0.05) is 18.8 Å². The predicted octanol–water partition coefficient (Wildman–Crippen LogP) is 3.79. The van der Waals surface area contributed by atoms with Crippen molar-refractivity contribution < 1.29 is 17.7 Å². The zero-order valence-electron chi connectivity index (χ0n) is 17.1. The Morgan fingerprint density at radius 1 is 1.00 bits per heavy atom. The van der Waals surface area contributed by atoms with Crippen LogP contribution in [-0.4, -0.2) is 50.4 Å². The molecule has 31 heavy (non-hydrogen) atoms. The quantitative estimate of drug-likeness (QED) is 0.404. The van der Waals surface area contributed by atoms with E-state index in [0.29, 0.717) is 18.9 Å². The maximum atomic E-state index is 11.2. The van der Waals surface area contributed by atoms with Gasteiger partial charge < -0.3 is 9.64 Å². The van der Waals surface area contributed by atoms with Crippen LogP contribution in [-0.2, 0) is 14.9 Å². The molecule has 0 aromatic heterocycles. The lowest BCUT2D eigenvalue weighted by atomic mass is 10.1. The summed E-state index contributed by atoms with van der Waals surface area (Å²) in [5, 5.41) is 4.37. The molecule has 2 aliphatic rings. The van der Waals surface area contributed by atoms with Crippen molar-refractivity contribution >= 4 is 28.1 Å². The molecule has 2 N–H and O–H groups in total. The van der Waals surface area contributed by atoms with Crippen LogP contribution in [0.3, 0.4) is 0 Å². The second kappa shape index (κ2) is 9.47. The van der Waals surface area contributed by atoms with Crippen molar-refractivity contribution in [2.75, 3.05) is 31.7 Å². The zero-order valence-corrected chi connectivity index (χ0v) is 17.9. The number of hydrazone groups is 1. The molecule has 162 valence electrons. The summed E-state index contributed by atoms with van der Waals surface area (Å²) in [5.74, 6) is 0. The van der Waals surface area contributed by atoms with Crippen LogP contribution in [0, 0.1) is 0 Å². The van der Waals surface area contributed by atoms with Crippen LogP contribution >= 0.6 is 0 Å². The van der Waals surface area contributed by atoms with E-state index in [4.69, 9.17) is 9.29 Å². The summed E-state index contributed by atoms with van der Waals surface area (Å²) in [4.78, 5) is 2.22. The molecule has 2 aromatic carbocycles. The molecule has 7 nitrogen and oxygen atoms in total. The van der Waals surface area contributed by atoms with Crippen LogP contribution in [0.15, 0.2) is 81.4 Å². The molecule has 0 spiro atoms. The summed E-state index contributed by atoms with van der Waals surface area (Å²) >= 11 is 0. The SMILES string of the molecule is O=S(=O)(O)c1ccc(N/N=C\C2=C(N3CCOCC3)C(=C/c3ccccc3)/CC2)cc1. The molecule has 4 rings (SSSR count). The van der Waals surface area contributed by atoms with Gasteiger partial charge >= 0.3 is 0 Å². The highest BCUT2D eigenvalue weighted by atomic mass is 32.2. The molecular weight excluding hydrogens is 414 g/mol. The Hall–Kier alpha value is -2.94. The summed E-state index contributed by atoms with van der Waals surface area (Å²) < 4.78 is 36.9. The largest absolute Gasteiger partial charge is 0.378 e. The van der Waals surface area contributed by atoms with E-state index in [1.165, 1.54) is 29.0 Å². The van der Waals surface area contributed by atoms with Crippen LogP contribution in [0.2, 0.25) is 0 Å². The number of rotatable bonds is 6. The summed E-state index contributed by atoms with van der Waals surface area (Å²) in [6.45, 7) is 3.13. The standard InChI is InChI=1S/C23H25N3O4S/c27-31(28,29)22-10-8-21(9-11-22)25-24-17-20-7-6-19(16-18-4-2-1-3-5-18)23(20)26-12-14-30-15-13-26/h1-5,8-11,16-17,25H,6-7,12-15H2,(H,27,28,29)/b19-16+,24-17-. The highest BCUT2D eigenvalue weighted by molar-refractivity contribution is 7.85. The summed E-state index contributed by atoms with van der Waals surface area (Å²) in [5.41, 5.74) is 8.43. The lowest BCUT2D eigenvalue weighted by Gasteiger charge is -2.31. The van der Waals surface area contributed by atoms with Crippen molar-refractivity contribution in [3.05, 3.63) is 77.0 Å². The molecule has 1 heterocycles. The fourth-order valence-corrected chi connectivity index (χ4v) is 4.29. The Kier molecular flexibility index (Phi) is 6.50. The Morgan fingerprint density at radius 2 is 1.71 bits per heavy atom. The minimum atomic E-state index is -4.20. The molecule has 1 fully saturated rings. The third-order valence-corrected chi connectivity index (χ3v) is 6.17. The Balaban J connectivity index is 1.56. The Labute approximate surface area is 182 Å². The smallest absolute Gasteiger partial charge is 0.294 e. The predicted molar refractivity (Wildman–Crippen MR) is 121 cm³/mol. The first-order chi connectivity index (χ1) is 15.0. The van der Waals surface area contributed by atoms with Crippen molar-refractivity contribution in [1.82, 2.24) is 4.90 Å².